The lowest BCUT2D eigenvalue weighted by molar-refractivity contribution is 0.208. The second-order valence-corrected chi connectivity index (χ2v) is 7.15. The number of sulfonamides is 1. The molecule has 2 heterocycles. The molecule has 0 aliphatic carbocycles. The zero-order valence-corrected chi connectivity index (χ0v) is 13.3. The second-order valence-electron chi connectivity index (χ2n) is 5.50. The standard InChI is InChI=1S/C13H24N4O2S/c1-4-7-17-8-5-12(6-9-17)16-20(18,19)13-10(2)14-15-11(13)3/h12,16H,4-9H2,1-3H3,(H,14,15). The van der Waals surface area contributed by atoms with Crippen molar-refractivity contribution in [2.45, 2.75) is 51.0 Å². The molecular formula is C13H24N4O2S. The van der Waals surface area contributed by atoms with Crippen LogP contribution in [0.1, 0.15) is 37.6 Å². The Hall–Kier alpha value is -0.920. The van der Waals surface area contributed by atoms with Crippen LogP contribution in [0.25, 0.3) is 0 Å². The van der Waals surface area contributed by atoms with E-state index < -0.39 is 10.0 Å². The number of nitrogens with zero attached hydrogens (tertiary/aromatic N) is 2. The molecule has 0 unspecified atom stereocenters. The van der Waals surface area contributed by atoms with Gasteiger partial charge in [-0.1, -0.05) is 6.92 Å². The lowest BCUT2D eigenvalue weighted by atomic mass is 10.1. The lowest BCUT2D eigenvalue weighted by Gasteiger charge is -2.31. The molecule has 6 nitrogen and oxygen atoms in total. The average Bonchev–Trinajstić information content (AvgIpc) is 2.72. The molecule has 1 aliphatic rings. The summed E-state index contributed by atoms with van der Waals surface area (Å²) < 4.78 is 27.7. The molecule has 1 saturated heterocycles. The van der Waals surface area contributed by atoms with Crippen molar-refractivity contribution in [3.63, 3.8) is 0 Å². The van der Waals surface area contributed by atoms with Crippen molar-refractivity contribution in [2.24, 2.45) is 0 Å². The molecule has 1 fully saturated rings. The Kier molecular flexibility index (Phi) is 4.82. The van der Waals surface area contributed by atoms with E-state index in [9.17, 15) is 8.42 Å². The molecule has 0 bridgehead atoms. The van der Waals surface area contributed by atoms with Crippen LogP contribution in [0.2, 0.25) is 0 Å². The van der Waals surface area contributed by atoms with E-state index >= 15 is 0 Å². The molecule has 0 atom stereocenters. The number of aromatic nitrogens is 2. The van der Waals surface area contributed by atoms with Crippen LogP contribution < -0.4 is 4.72 Å². The fraction of sp³-hybridized carbons (Fsp3) is 0.769. The fourth-order valence-electron chi connectivity index (χ4n) is 2.81. The third-order valence-electron chi connectivity index (χ3n) is 3.78. The molecule has 1 aromatic rings. The van der Waals surface area contributed by atoms with Gasteiger partial charge in [-0.15, -0.1) is 0 Å². The highest BCUT2D eigenvalue weighted by atomic mass is 32.2. The minimum atomic E-state index is -3.47. The summed E-state index contributed by atoms with van der Waals surface area (Å²) in [6, 6.07) is 0.0295. The predicted molar refractivity (Wildman–Crippen MR) is 78.1 cm³/mol. The van der Waals surface area contributed by atoms with Gasteiger partial charge in [-0.3, -0.25) is 5.10 Å². The van der Waals surface area contributed by atoms with Crippen molar-refractivity contribution < 1.29 is 8.42 Å². The lowest BCUT2D eigenvalue weighted by Crippen LogP contribution is -2.44. The van der Waals surface area contributed by atoms with Crippen molar-refractivity contribution >= 4 is 10.0 Å². The minimum Gasteiger partial charge on any atom is -0.303 e. The van der Waals surface area contributed by atoms with Crippen LogP contribution in [0.4, 0.5) is 0 Å². The van der Waals surface area contributed by atoms with Crippen LogP contribution in [0.5, 0.6) is 0 Å². The SMILES string of the molecule is CCCN1CCC(NS(=O)(=O)c2c(C)n[nH]c2C)CC1. The molecule has 0 radical (unpaired) electrons. The number of piperidine rings is 1. The van der Waals surface area contributed by atoms with Gasteiger partial charge in [0.2, 0.25) is 10.0 Å². The Labute approximate surface area is 121 Å². The summed E-state index contributed by atoms with van der Waals surface area (Å²) in [6.45, 7) is 8.63. The van der Waals surface area contributed by atoms with Crippen molar-refractivity contribution in [3.8, 4) is 0 Å². The largest absolute Gasteiger partial charge is 0.303 e. The van der Waals surface area contributed by atoms with E-state index in [-0.39, 0.29) is 6.04 Å². The number of rotatable bonds is 5. The molecule has 2 N–H and O–H groups in total. The summed E-state index contributed by atoms with van der Waals surface area (Å²) in [6.07, 6.45) is 2.88. The second kappa shape index (κ2) is 6.24. The molecule has 1 aliphatic heterocycles. The molecule has 0 aromatic carbocycles. The number of aryl methyl sites for hydroxylation is 2. The molecule has 20 heavy (non-hydrogen) atoms. The van der Waals surface area contributed by atoms with Crippen LogP contribution in [0.15, 0.2) is 4.90 Å². The third-order valence-corrected chi connectivity index (χ3v) is 5.56. The van der Waals surface area contributed by atoms with Gasteiger partial charge in [-0.2, -0.15) is 5.10 Å². The zero-order valence-electron chi connectivity index (χ0n) is 12.4. The normalized spacial score (nSPS) is 18.6. The van der Waals surface area contributed by atoms with Crippen LogP contribution in [-0.4, -0.2) is 49.2 Å². The monoisotopic (exact) mass is 300 g/mol. The van der Waals surface area contributed by atoms with Gasteiger partial charge in [0.05, 0.1) is 11.4 Å². The summed E-state index contributed by atoms with van der Waals surface area (Å²) >= 11 is 0. The maximum absolute atomic E-state index is 12.4. The summed E-state index contributed by atoms with van der Waals surface area (Å²) in [5, 5.41) is 6.69. The first-order valence-corrected chi connectivity index (χ1v) is 8.68. The Morgan fingerprint density at radius 2 is 2.00 bits per heavy atom. The van der Waals surface area contributed by atoms with Gasteiger partial charge in [0.15, 0.2) is 0 Å². The van der Waals surface area contributed by atoms with E-state index in [1.165, 1.54) is 0 Å². The minimum absolute atomic E-state index is 0.0295. The van der Waals surface area contributed by atoms with Gasteiger partial charge >= 0.3 is 0 Å². The number of H-pyrrole nitrogens is 1. The van der Waals surface area contributed by atoms with E-state index in [1.54, 1.807) is 13.8 Å². The van der Waals surface area contributed by atoms with Gasteiger partial charge in [0.25, 0.3) is 0 Å². The van der Waals surface area contributed by atoms with Crippen LogP contribution in [0.3, 0.4) is 0 Å². The van der Waals surface area contributed by atoms with Gasteiger partial charge in [0, 0.05) is 6.04 Å². The Balaban J connectivity index is 2.00. The first kappa shape index (κ1) is 15.5. The van der Waals surface area contributed by atoms with E-state index in [2.05, 4.69) is 26.7 Å². The van der Waals surface area contributed by atoms with E-state index in [0.717, 1.165) is 38.9 Å². The van der Waals surface area contributed by atoms with E-state index in [1.807, 2.05) is 0 Å². The molecule has 114 valence electrons. The smallest absolute Gasteiger partial charge is 0.244 e. The summed E-state index contributed by atoms with van der Waals surface area (Å²) in [4.78, 5) is 2.69. The highest BCUT2D eigenvalue weighted by molar-refractivity contribution is 7.89. The Bertz CT molecular complexity index is 525. The van der Waals surface area contributed by atoms with Gasteiger partial charge in [0.1, 0.15) is 4.90 Å². The molecule has 7 heteroatoms. The van der Waals surface area contributed by atoms with Crippen LogP contribution >= 0.6 is 0 Å². The number of hydrogen-bond donors (Lipinski definition) is 2. The van der Waals surface area contributed by atoms with Crippen molar-refractivity contribution in [2.75, 3.05) is 19.6 Å². The molecule has 0 spiro atoms. The maximum Gasteiger partial charge on any atom is 0.244 e. The first-order valence-electron chi connectivity index (χ1n) is 7.20. The topological polar surface area (TPSA) is 78.1 Å². The zero-order chi connectivity index (χ0) is 14.8. The van der Waals surface area contributed by atoms with E-state index in [0.29, 0.717) is 16.3 Å². The van der Waals surface area contributed by atoms with Crippen LogP contribution in [0, 0.1) is 13.8 Å². The summed E-state index contributed by atoms with van der Waals surface area (Å²) in [7, 11) is -3.47. The number of nitrogens with one attached hydrogen (secondary N) is 2. The fourth-order valence-corrected chi connectivity index (χ4v) is 4.48. The number of hydrogen-bond acceptors (Lipinski definition) is 4. The van der Waals surface area contributed by atoms with Crippen LogP contribution in [-0.2, 0) is 10.0 Å². The highest BCUT2D eigenvalue weighted by Gasteiger charge is 2.27. The summed E-state index contributed by atoms with van der Waals surface area (Å²) in [5.41, 5.74) is 1.12. The van der Waals surface area contributed by atoms with Gasteiger partial charge in [-0.25, -0.2) is 13.1 Å². The molecule has 2 rings (SSSR count). The quantitative estimate of drug-likeness (QED) is 0.856. The Morgan fingerprint density at radius 3 is 2.50 bits per heavy atom. The average molecular weight is 300 g/mol. The first-order chi connectivity index (χ1) is 9.44. The molecule has 0 amide bonds. The molecule has 0 saturated carbocycles. The highest BCUT2D eigenvalue weighted by Crippen LogP contribution is 2.19. The van der Waals surface area contributed by atoms with Gasteiger partial charge in [-0.05, 0) is 52.7 Å². The van der Waals surface area contributed by atoms with Gasteiger partial charge < -0.3 is 4.90 Å². The van der Waals surface area contributed by atoms with Crippen molar-refractivity contribution in [1.29, 1.82) is 0 Å². The van der Waals surface area contributed by atoms with E-state index in [4.69, 9.17) is 0 Å². The number of aromatic amines is 1. The Morgan fingerprint density at radius 1 is 1.35 bits per heavy atom. The molecular weight excluding hydrogens is 276 g/mol. The summed E-state index contributed by atoms with van der Waals surface area (Å²) in [5.74, 6) is 0. The van der Waals surface area contributed by atoms with Crippen molar-refractivity contribution in [1.82, 2.24) is 19.8 Å². The molecule has 1 aromatic heterocycles. The number of likely N-dealkylation sites (tertiary alicyclic amines) is 1. The third kappa shape index (κ3) is 3.39. The maximum atomic E-state index is 12.4. The predicted octanol–water partition coefficient (Wildman–Crippen LogP) is 1.18. The van der Waals surface area contributed by atoms with Crippen molar-refractivity contribution in [3.05, 3.63) is 11.4 Å².